The lowest BCUT2D eigenvalue weighted by atomic mass is 10.2. The predicted molar refractivity (Wildman–Crippen MR) is 89.5 cm³/mol. The van der Waals surface area contributed by atoms with Crippen molar-refractivity contribution in [1.82, 2.24) is 10.2 Å². The van der Waals surface area contributed by atoms with Gasteiger partial charge in [0.2, 0.25) is 11.0 Å². The number of carbonyl (C=O) groups is 3. The van der Waals surface area contributed by atoms with E-state index in [2.05, 4.69) is 5.32 Å². The predicted octanol–water partition coefficient (Wildman–Crippen LogP) is 1.39. The molecule has 2 heterocycles. The van der Waals surface area contributed by atoms with Gasteiger partial charge in [0.15, 0.2) is 0 Å². The van der Waals surface area contributed by atoms with E-state index >= 15 is 0 Å². The molecule has 7 heteroatoms. The summed E-state index contributed by atoms with van der Waals surface area (Å²) >= 11 is 1.25. The number of amides is 3. The third-order valence-electron chi connectivity index (χ3n) is 4.05. The van der Waals surface area contributed by atoms with Crippen molar-refractivity contribution in [2.45, 2.75) is 19.4 Å². The van der Waals surface area contributed by atoms with E-state index in [1.807, 2.05) is 31.2 Å². The van der Waals surface area contributed by atoms with Crippen LogP contribution in [0.5, 0.6) is 0 Å². The number of benzene rings is 1. The summed E-state index contributed by atoms with van der Waals surface area (Å²) in [5, 5.41) is 2.72. The Bertz CT molecular complexity index is 632. The fourth-order valence-corrected chi connectivity index (χ4v) is 3.67. The van der Waals surface area contributed by atoms with Crippen LogP contribution in [0.3, 0.4) is 0 Å². The maximum atomic E-state index is 12.4. The van der Waals surface area contributed by atoms with Gasteiger partial charge < -0.3 is 10.2 Å². The molecule has 2 aliphatic heterocycles. The standard InChI is InChI=1S/C16H19N3O3S/c1-11-2-4-12(5-3-11)19-8-7-18(16(19)22)10-14(20)17-13-6-9-23-15(13)21/h2-5,13H,6-10H2,1H3,(H,17,20). The number of anilines is 1. The van der Waals surface area contributed by atoms with Gasteiger partial charge in [-0.05, 0) is 25.5 Å². The van der Waals surface area contributed by atoms with Crippen LogP contribution in [0, 0.1) is 6.92 Å². The van der Waals surface area contributed by atoms with Crippen LogP contribution >= 0.6 is 11.8 Å². The fourth-order valence-electron chi connectivity index (χ4n) is 2.73. The van der Waals surface area contributed by atoms with Crippen molar-refractivity contribution in [2.24, 2.45) is 0 Å². The SMILES string of the molecule is Cc1ccc(N2CCN(CC(=O)NC3CCSC3=O)C2=O)cc1. The van der Waals surface area contributed by atoms with Gasteiger partial charge in [-0.25, -0.2) is 4.79 Å². The van der Waals surface area contributed by atoms with Crippen LogP contribution in [0.2, 0.25) is 0 Å². The van der Waals surface area contributed by atoms with E-state index in [1.54, 1.807) is 4.90 Å². The number of thioether (sulfide) groups is 1. The minimum Gasteiger partial charge on any atom is -0.344 e. The normalized spacial score (nSPS) is 21.2. The number of nitrogens with one attached hydrogen (secondary N) is 1. The largest absolute Gasteiger partial charge is 0.344 e. The number of rotatable bonds is 4. The summed E-state index contributed by atoms with van der Waals surface area (Å²) in [6.45, 7) is 3.06. The lowest BCUT2D eigenvalue weighted by molar-refractivity contribution is -0.124. The molecular formula is C16H19N3O3S. The average molecular weight is 333 g/mol. The van der Waals surface area contributed by atoms with Crippen LogP contribution in [0.1, 0.15) is 12.0 Å². The number of hydrogen-bond acceptors (Lipinski definition) is 4. The molecule has 1 unspecified atom stereocenters. The topological polar surface area (TPSA) is 69.7 Å². The zero-order chi connectivity index (χ0) is 16.4. The highest BCUT2D eigenvalue weighted by Gasteiger charge is 2.32. The van der Waals surface area contributed by atoms with Gasteiger partial charge in [-0.15, -0.1) is 0 Å². The molecule has 0 aliphatic carbocycles. The van der Waals surface area contributed by atoms with E-state index in [4.69, 9.17) is 0 Å². The third kappa shape index (κ3) is 3.50. The van der Waals surface area contributed by atoms with E-state index in [1.165, 1.54) is 16.7 Å². The summed E-state index contributed by atoms with van der Waals surface area (Å²) in [5.41, 5.74) is 1.97. The molecule has 2 aliphatic rings. The average Bonchev–Trinajstić information content (AvgIpc) is 3.08. The van der Waals surface area contributed by atoms with Gasteiger partial charge in [0.25, 0.3) is 0 Å². The molecule has 6 nitrogen and oxygen atoms in total. The second kappa shape index (κ2) is 6.62. The summed E-state index contributed by atoms with van der Waals surface area (Å²) in [5.74, 6) is 0.470. The molecule has 3 rings (SSSR count). The Morgan fingerprint density at radius 2 is 2.00 bits per heavy atom. The van der Waals surface area contributed by atoms with E-state index < -0.39 is 6.04 Å². The highest BCUT2D eigenvalue weighted by atomic mass is 32.2. The summed E-state index contributed by atoms with van der Waals surface area (Å²) in [4.78, 5) is 39.2. The first-order chi connectivity index (χ1) is 11.0. The van der Waals surface area contributed by atoms with Gasteiger partial charge in [0.1, 0.15) is 6.54 Å². The molecular weight excluding hydrogens is 314 g/mol. The van der Waals surface area contributed by atoms with Gasteiger partial charge in [-0.1, -0.05) is 29.5 Å². The maximum absolute atomic E-state index is 12.4. The number of urea groups is 1. The molecule has 1 N–H and O–H groups in total. The summed E-state index contributed by atoms with van der Waals surface area (Å²) in [6, 6.07) is 7.16. The molecule has 0 aromatic heterocycles. The Morgan fingerprint density at radius 1 is 1.26 bits per heavy atom. The van der Waals surface area contributed by atoms with Gasteiger partial charge in [0, 0.05) is 24.5 Å². The van der Waals surface area contributed by atoms with Crippen molar-refractivity contribution in [2.75, 3.05) is 30.3 Å². The Morgan fingerprint density at radius 3 is 2.65 bits per heavy atom. The molecule has 1 aromatic rings. The molecule has 2 fully saturated rings. The molecule has 3 amide bonds. The molecule has 0 saturated carbocycles. The van der Waals surface area contributed by atoms with Gasteiger partial charge in [0.05, 0.1) is 6.04 Å². The maximum Gasteiger partial charge on any atom is 0.325 e. The van der Waals surface area contributed by atoms with E-state index in [0.29, 0.717) is 19.5 Å². The Balaban J connectivity index is 1.57. The van der Waals surface area contributed by atoms with Gasteiger partial charge in [-0.2, -0.15) is 0 Å². The number of hydrogen-bond donors (Lipinski definition) is 1. The first kappa shape index (κ1) is 15.9. The number of nitrogens with zero attached hydrogens (tertiary/aromatic N) is 2. The molecule has 0 bridgehead atoms. The summed E-state index contributed by atoms with van der Waals surface area (Å²) in [7, 11) is 0. The first-order valence-electron chi connectivity index (χ1n) is 7.64. The van der Waals surface area contributed by atoms with Crippen LogP contribution in [0.15, 0.2) is 24.3 Å². The number of carbonyl (C=O) groups excluding carboxylic acids is 3. The minimum absolute atomic E-state index is 0.00432. The Hall–Kier alpha value is -2.02. The van der Waals surface area contributed by atoms with Crippen molar-refractivity contribution < 1.29 is 14.4 Å². The second-order valence-electron chi connectivity index (χ2n) is 5.77. The monoisotopic (exact) mass is 333 g/mol. The lowest BCUT2D eigenvalue weighted by Gasteiger charge is -2.19. The van der Waals surface area contributed by atoms with Crippen LogP contribution < -0.4 is 10.2 Å². The minimum atomic E-state index is -0.404. The van der Waals surface area contributed by atoms with Gasteiger partial charge in [-0.3, -0.25) is 14.5 Å². The molecule has 0 spiro atoms. The lowest BCUT2D eigenvalue weighted by Crippen LogP contribution is -2.44. The van der Waals surface area contributed by atoms with Crippen LogP contribution in [-0.4, -0.2) is 53.4 Å². The quantitative estimate of drug-likeness (QED) is 0.904. The zero-order valence-corrected chi connectivity index (χ0v) is 13.8. The van der Waals surface area contributed by atoms with E-state index in [-0.39, 0.29) is 23.6 Å². The highest BCUT2D eigenvalue weighted by Crippen LogP contribution is 2.21. The smallest absolute Gasteiger partial charge is 0.325 e. The summed E-state index contributed by atoms with van der Waals surface area (Å²) < 4.78 is 0. The second-order valence-corrected chi connectivity index (χ2v) is 6.87. The molecule has 2 saturated heterocycles. The van der Waals surface area contributed by atoms with Crippen molar-refractivity contribution in [3.63, 3.8) is 0 Å². The molecule has 1 aromatic carbocycles. The third-order valence-corrected chi connectivity index (χ3v) is 5.05. The van der Waals surface area contributed by atoms with Gasteiger partial charge >= 0.3 is 6.03 Å². The molecule has 122 valence electrons. The van der Waals surface area contributed by atoms with E-state index in [9.17, 15) is 14.4 Å². The van der Waals surface area contributed by atoms with Crippen LogP contribution in [0.4, 0.5) is 10.5 Å². The number of aryl methyl sites for hydroxylation is 1. The summed E-state index contributed by atoms with van der Waals surface area (Å²) in [6.07, 6.45) is 0.665. The van der Waals surface area contributed by atoms with Crippen LogP contribution in [-0.2, 0) is 9.59 Å². The molecule has 23 heavy (non-hydrogen) atoms. The highest BCUT2D eigenvalue weighted by molar-refractivity contribution is 8.14. The van der Waals surface area contributed by atoms with E-state index in [0.717, 1.165) is 17.0 Å². The van der Waals surface area contributed by atoms with Crippen molar-refractivity contribution >= 4 is 34.5 Å². The molecule has 0 radical (unpaired) electrons. The van der Waals surface area contributed by atoms with Crippen molar-refractivity contribution in [3.05, 3.63) is 29.8 Å². The first-order valence-corrected chi connectivity index (χ1v) is 8.62. The zero-order valence-electron chi connectivity index (χ0n) is 12.9. The molecule has 1 atom stereocenters. The van der Waals surface area contributed by atoms with Crippen molar-refractivity contribution in [3.8, 4) is 0 Å². The van der Waals surface area contributed by atoms with Crippen LogP contribution in [0.25, 0.3) is 0 Å². The Kier molecular flexibility index (Phi) is 4.56. The fraction of sp³-hybridized carbons (Fsp3) is 0.438. The Labute approximate surface area is 139 Å². The van der Waals surface area contributed by atoms with Crippen molar-refractivity contribution in [1.29, 1.82) is 0 Å².